The topological polar surface area (TPSA) is 101 Å². The molecule has 4 rings (SSSR count). The van der Waals surface area contributed by atoms with Gasteiger partial charge in [0.25, 0.3) is 0 Å². The van der Waals surface area contributed by atoms with Crippen molar-refractivity contribution < 1.29 is 4.79 Å². The average Bonchev–Trinajstić information content (AvgIpc) is 3.37. The van der Waals surface area contributed by atoms with Gasteiger partial charge in [-0.1, -0.05) is 6.07 Å². The maximum atomic E-state index is 11.5. The molecule has 7 nitrogen and oxygen atoms in total. The molecule has 0 spiro atoms. The molecular weight excluding hydrogens is 352 g/mol. The SMILES string of the molecule is CC(=O)Nc1cc(Nc2ccc(-c3cc[nH]c3)cc2N)cc(-n2cccn2)c1. The van der Waals surface area contributed by atoms with E-state index in [0.29, 0.717) is 11.4 Å². The summed E-state index contributed by atoms with van der Waals surface area (Å²) in [5, 5.41) is 10.4. The van der Waals surface area contributed by atoms with Crippen molar-refractivity contribution in [3.63, 3.8) is 0 Å². The third kappa shape index (κ3) is 3.73. The number of hydrogen-bond donors (Lipinski definition) is 4. The van der Waals surface area contributed by atoms with Gasteiger partial charge in [-0.15, -0.1) is 0 Å². The number of anilines is 4. The predicted octanol–water partition coefficient (Wildman–Crippen LogP) is 4.15. The molecule has 7 heteroatoms. The fraction of sp³-hybridized carbons (Fsp3) is 0.0476. The van der Waals surface area contributed by atoms with Crippen molar-refractivity contribution in [2.75, 3.05) is 16.4 Å². The number of carbonyl (C=O) groups is 1. The molecule has 0 radical (unpaired) electrons. The van der Waals surface area contributed by atoms with Gasteiger partial charge in [0, 0.05) is 43.1 Å². The van der Waals surface area contributed by atoms with Crippen LogP contribution in [0.3, 0.4) is 0 Å². The first kappa shape index (κ1) is 17.4. The van der Waals surface area contributed by atoms with Gasteiger partial charge in [0.2, 0.25) is 5.91 Å². The lowest BCUT2D eigenvalue weighted by atomic mass is 10.1. The minimum atomic E-state index is -0.140. The minimum Gasteiger partial charge on any atom is -0.397 e. The average molecular weight is 372 g/mol. The molecule has 0 aliphatic heterocycles. The summed E-state index contributed by atoms with van der Waals surface area (Å²) in [5.74, 6) is -0.140. The van der Waals surface area contributed by atoms with Crippen LogP contribution in [-0.4, -0.2) is 20.7 Å². The third-order valence-corrected chi connectivity index (χ3v) is 4.27. The number of benzene rings is 2. The highest BCUT2D eigenvalue weighted by atomic mass is 16.1. The molecule has 0 atom stereocenters. The Morgan fingerprint density at radius 1 is 1.11 bits per heavy atom. The van der Waals surface area contributed by atoms with Crippen LogP contribution in [0.5, 0.6) is 0 Å². The summed E-state index contributed by atoms with van der Waals surface area (Å²) >= 11 is 0. The molecule has 0 unspecified atom stereocenters. The Kier molecular flexibility index (Phi) is 4.55. The first-order chi connectivity index (χ1) is 13.6. The van der Waals surface area contributed by atoms with Crippen molar-refractivity contribution in [3.05, 3.63) is 73.3 Å². The highest BCUT2D eigenvalue weighted by Crippen LogP contribution is 2.31. The van der Waals surface area contributed by atoms with Crippen LogP contribution >= 0.6 is 0 Å². The van der Waals surface area contributed by atoms with E-state index >= 15 is 0 Å². The van der Waals surface area contributed by atoms with E-state index in [-0.39, 0.29) is 5.91 Å². The Labute approximate surface area is 162 Å². The summed E-state index contributed by atoms with van der Waals surface area (Å²) in [5.41, 5.74) is 12.1. The van der Waals surface area contributed by atoms with Crippen molar-refractivity contribution in [3.8, 4) is 16.8 Å². The quantitative estimate of drug-likeness (QED) is 0.395. The molecule has 2 heterocycles. The van der Waals surface area contributed by atoms with Gasteiger partial charge in [-0.2, -0.15) is 5.10 Å². The number of amides is 1. The lowest BCUT2D eigenvalue weighted by Crippen LogP contribution is -2.07. The zero-order valence-corrected chi connectivity index (χ0v) is 15.3. The van der Waals surface area contributed by atoms with Gasteiger partial charge in [-0.25, -0.2) is 4.68 Å². The van der Waals surface area contributed by atoms with Gasteiger partial charge >= 0.3 is 0 Å². The van der Waals surface area contributed by atoms with Crippen LogP contribution in [-0.2, 0) is 4.79 Å². The van der Waals surface area contributed by atoms with Gasteiger partial charge in [0.15, 0.2) is 0 Å². The molecule has 140 valence electrons. The van der Waals surface area contributed by atoms with E-state index in [1.165, 1.54) is 6.92 Å². The maximum Gasteiger partial charge on any atom is 0.221 e. The number of nitrogens with one attached hydrogen (secondary N) is 3. The van der Waals surface area contributed by atoms with Crippen LogP contribution in [0.1, 0.15) is 6.92 Å². The van der Waals surface area contributed by atoms with Crippen LogP contribution in [0.4, 0.5) is 22.7 Å². The number of H-pyrrole nitrogens is 1. The van der Waals surface area contributed by atoms with Crippen molar-refractivity contribution in [1.82, 2.24) is 14.8 Å². The molecule has 4 aromatic rings. The van der Waals surface area contributed by atoms with Gasteiger partial charge in [-0.05, 0) is 53.6 Å². The number of aromatic nitrogens is 3. The van der Waals surface area contributed by atoms with Crippen LogP contribution in [0.2, 0.25) is 0 Å². The summed E-state index contributed by atoms with van der Waals surface area (Å²) in [6.07, 6.45) is 7.35. The van der Waals surface area contributed by atoms with E-state index in [0.717, 1.165) is 28.2 Å². The Morgan fingerprint density at radius 3 is 2.64 bits per heavy atom. The Morgan fingerprint density at radius 2 is 1.96 bits per heavy atom. The fourth-order valence-electron chi connectivity index (χ4n) is 3.03. The molecule has 0 saturated carbocycles. The van der Waals surface area contributed by atoms with Gasteiger partial charge < -0.3 is 21.4 Å². The molecule has 0 aliphatic rings. The largest absolute Gasteiger partial charge is 0.397 e. The minimum absolute atomic E-state index is 0.140. The predicted molar refractivity (Wildman–Crippen MR) is 112 cm³/mol. The summed E-state index contributed by atoms with van der Waals surface area (Å²) in [6, 6.07) is 15.4. The van der Waals surface area contributed by atoms with Crippen molar-refractivity contribution in [2.45, 2.75) is 6.92 Å². The number of nitrogens with zero attached hydrogens (tertiary/aromatic N) is 2. The van der Waals surface area contributed by atoms with Crippen molar-refractivity contribution >= 4 is 28.7 Å². The fourth-order valence-corrected chi connectivity index (χ4v) is 3.03. The van der Waals surface area contributed by atoms with E-state index in [2.05, 4.69) is 20.7 Å². The molecule has 2 aromatic carbocycles. The van der Waals surface area contributed by atoms with Gasteiger partial charge in [0.1, 0.15) is 0 Å². The van der Waals surface area contributed by atoms with Crippen molar-refractivity contribution in [1.29, 1.82) is 0 Å². The standard InChI is InChI=1S/C21H20N6O/c1-14(28)25-17-10-18(12-19(11-17)27-8-2-6-24-27)26-21-4-3-15(9-20(21)22)16-5-7-23-13-16/h2-13,23,26H,22H2,1H3,(H,25,28). The summed E-state index contributed by atoms with van der Waals surface area (Å²) in [4.78, 5) is 14.6. The summed E-state index contributed by atoms with van der Waals surface area (Å²) < 4.78 is 1.73. The summed E-state index contributed by atoms with van der Waals surface area (Å²) in [7, 11) is 0. The number of nitrogens with two attached hydrogens (primary N) is 1. The van der Waals surface area contributed by atoms with Gasteiger partial charge in [-0.3, -0.25) is 4.79 Å². The zero-order valence-electron chi connectivity index (χ0n) is 15.3. The smallest absolute Gasteiger partial charge is 0.221 e. The third-order valence-electron chi connectivity index (χ3n) is 4.27. The van der Waals surface area contributed by atoms with E-state index in [1.807, 2.05) is 67.1 Å². The maximum absolute atomic E-state index is 11.5. The highest BCUT2D eigenvalue weighted by molar-refractivity contribution is 5.90. The van der Waals surface area contributed by atoms with Gasteiger partial charge in [0.05, 0.1) is 17.1 Å². The number of aromatic amines is 1. The van der Waals surface area contributed by atoms with E-state index in [9.17, 15) is 4.79 Å². The Bertz CT molecular complexity index is 1100. The molecule has 28 heavy (non-hydrogen) atoms. The van der Waals surface area contributed by atoms with Crippen molar-refractivity contribution in [2.24, 2.45) is 0 Å². The van der Waals surface area contributed by atoms with Crippen LogP contribution in [0.25, 0.3) is 16.8 Å². The second-order valence-electron chi connectivity index (χ2n) is 6.43. The molecule has 0 bridgehead atoms. The number of hydrogen-bond acceptors (Lipinski definition) is 4. The second-order valence-corrected chi connectivity index (χ2v) is 6.43. The Balaban J connectivity index is 1.67. The first-order valence-corrected chi connectivity index (χ1v) is 8.81. The highest BCUT2D eigenvalue weighted by Gasteiger charge is 2.08. The number of carbonyl (C=O) groups excluding carboxylic acids is 1. The number of nitrogen functional groups attached to an aromatic ring is 1. The molecule has 2 aromatic heterocycles. The first-order valence-electron chi connectivity index (χ1n) is 8.81. The lowest BCUT2D eigenvalue weighted by molar-refractivity contribution is -0.114. The zero-order chi connectivity index (χ0) is 19.5. The lowest BCUT2D eigenvalue weighted by Gasteiger charge is -2.14. The van der Waals surface area contributed by atoms with E-state index in [1.54, 1.807) is 10.9 Å². The van der Waals surface area contributed by atoms with Crippen LogP contribution < -0.4 is 16.4 Å². The molecule has 0 fully saturated rings. The molecule has 1 amide bonds. The Hall–Kier alpha value is -4.00. The molecule has 5 N–H and O–H groups in total. The van der Waals surface area contributed by atoms with Crippen LogP contribution in [0, 0.1) is 0 Å². The second kappa shape index (κ2) is 7.32. The van der Waals surface area contributed by atoms with E-state index in [4.69, 9.17) is 5.73 Å². The monoisotopic (exact) mass is 372 g/mol. The van der Waals surface area contributed by atoms with Crippen LogP contribution in [0.15, 0.2) is 73.3 Å². The molecule has 0 aliphatic carbocycles. The molecule has 0 saturated heterocycles. The normalized spacial score (nSPS) is 10.6. The summed E-state index contributed by atoms with van der Waals surface area (Å²) in [6.45, 7) is 1.48. The molecular formula is C21H20N6O. The van der Waals surface area contributed by atoms with E-state index < -0.39 is 0 Å². The number of rotatable bonds is 5.